The molecule has 6 heteroatoms. The van der Waals surface area contributed by atoms with Gasteiger partial charge in [0, 0.05) is 20.7 Å². The summed E-state index contributed by atoms with van der Waals surface area (Å²) in [5, 5.41) is 10.1. The van der Waals surface area contributed by atoms with Crippen LogP contribution in [0.5, 0.6) is 0 Å². The summed E-state index contributed by atoms with van der Waals surface area (Å²) >= 11 is 6.44. The molecule has 1 aromatic heterocycles. The molecule has 0 saturated heterocycles. The minimum absolute atomic E-state index is 0.148. The molecule has 0 spiro atoms. The zero-order valence-corrected chi connectivity index (χ0v) is 12.0. The van der Waals surface area contributed by atoms with E-state index >= 15 is 0 Å². The maximum absolute atomic E-state index is 13.6. The predicted octanol–water partition coefficient (Wildman–Crippen LogP) is 3.97. The lowest BCUT2D eigenvalue weighted by atomic mass is 10.1. The summed E-state index contributed by atoms with van der Waals surface area (Å²) in [6, 6.07) is 5.32. The molecule has 0 aliphatic heterocycles. The van der Waals surface area contributed by atoms with Crippen molar-refractivity contribution in [3.8, 4) is 0 Å². The van der Waals surface area contributed by atoms with Crippen molar-refractivity contribution in [2.24, 2.45) is 0 Å². The standard InChI is InChI=1S/C12H7Br2F2NO/c13-6-4-8(14)11(17-5-6)12(18)7-2-1-3-9(15)10(7)16/h1-5,12,18H. The van der Waals surface area contributed by atoms with Crippen LogP contribution in [0, 0.1) is 11.6 Å². The second-order valence-electron chi connectivity index (χ2n) is 3.57. The van der Waals surface area contributed by atoms with Gasteiger partial charge in [-0.15, -0.1) is 0 Å². The van der Waals surface area contributed by atoms with Crippen LogP contribution in [-0.2, 0) is 0 Å². The first kappa shape index (κ1) is 13.6. The summed E-state index contributed by atoms with van der Waals surface area (Å²) in [4.78, 5) is 3.99. The third-order valence-corrected chi connectivity index (χ3v) is 3.44. The molecule has 94 valence electrons. The number of aliphatic hydroxyl groups excluding tert-OH is 1. The Bertz CT molecular complexity index is 592. The second kappa shape index (κ2) is 5.42. The molecule has 0 aliphatic carbocycles. The summed E-state index contributed by atoms with van der Waals surface area (Å²) in [5.74, 6) is -2.07. The van der Waals surface area contributed by atoms with Crippen LogP contribution in [0.15, 0.2) is 39.4 Å². The van der Waals surface area contributed by atoms with Gasteiger partial charge in [-0.3, -0.25) is 4.98 Å². The number of rotatable bonds is 2. The third kappa shape index (κ3) is 2.60. The van der Waals surface area contributed by atoms with Crippen LogP contribution in [0.4, 0.5) is 8.78 Å². The third-order valence-electron chi connectivity index (χ3n) is 2.37. The number of hydrogen-bond donors (Lipinski definition) is 1. The van der Waals surface area contributed by atoms with E-state index in [0.717, 1.165) is 6.07 Å². The first-order valence-electron chi connectivity index (χ1n) is 4.93. The van der Waals surface area contributed by atoms with Crippen LogP contribution in [0.25, 0.3) is 0 Å². The Morgan fingerprint density at radius 2 is 1.94 bits per heavy atom. The molecule has 1 unspecified atom stereocenters. The van der Waals surface area contributed by atoms with Crippen LogP contribution in [0.2, 0.25) is 0 Å². The van der Waals surface area contributed by atoms with Crippen molar-refractivity contribution < 1.29 is 13.9 Å². The molecular weight excluding hydrogens is 372 g/mol. The van der Waals surface area contributed by atoms with Gasteiger partial charge in [0.05, 0.1) is 5.69 Å². The monoisotopic (exact) mass is 377 g/mol. The smallest absolute Gasteiger partial charge is 0.165 e. The van der Waals surface area contributed by atoms with Crippen molar-refractivity contribution >= 4 is 31.9 Å². The van der Waals surface area contributed by atoms with Gasteiger partial charge in [-0.05, 0) is 44.0 Å². The molecule has 2 aromatic rings. The van der Waals surface area contributed by atoms with Gasteiger partial charge < -0.3 is 5.11 Å². The number of pyridine rings is 1. The van der Waals surface area contributed by atoms with Crippen molar-refractivity contribution in [3.63, 3.8) is 0 Å². The molecule has 0 saturated carbocycles. The maximum Gasteiger partial charge on any atom is 0.165 e. The fourth-order valence-electron chi connectivity index (χ4n) is 1.51. The molecular formula is C12H7Br2F2NO. The van der Waals surface area contributed by atoms with E-state index < -0.39 is 17.7 Å². The Kier molecular flexibility index (Phi) is 4.09. The van der Waals surface area contributed by atoms with E-state index in [0.29, 0.717) is 8.95 Å². The first-order chi connectivity index (χ1) is 8.50. The number of nitrogens with zero attached hydrogens (tertiary/aromatic N) is 1. The summed E-state index contributed by atoms with van der Waals surface area (Å²) in [5.41, 5.74) is 0.0771. The normalized spacial score (nSPS) is 12.5. The van der Waals surface area contributed by atoms with E-state index in [2.05, 4.69) is 36.8 Å². The molecule has 1 N–H and O–H groups in total. The lowest BCUT2D eigenvalue weighted by Crippen LogP contribution is -2.07. The molecule has 2 rings (SSSR count). The molecule has 0 fully saturated rings. The van der Waals surface area contributed by atoms with Crippen LogP contribution in [0.1, 0.15) is 17.4 Å². The lowest BCUT2D eigenvalue weighted by molar-refractivity contribution is 0.207. The van der Waals surface area contributed by atoms with Crippen LogP contribution < -0.4 is 0 Å². The summed E-state index contributed by atoms with van der Waals surface area (Å²) in [6.45, 7) is 0. The molecule has 0 bridgehead atoms. The molecule has 18 heavy (non-hydrogen) atoms. The van der Waals surface area contributed by atoms with Crippen molar-refractivity contribution in [1.29, 1.82) is 0 Å². The van der Waals surface area contributed by atoms with E-state index in [4.69, 9.17) is 0 Å². The quantitative estimate of drug-likeness (QED) is 0.857. The predicted molar refractivity (Wildman–Crippen MR) is 70.1 cm³/mol. The van der Waals surface area contributed by atoms with Gasteiger partial charge in [0.15, 0.2) is 11.6 Å². The number of aliphatic hydroxyl groups is 1. The Balaban J connectivity index is 2.48. The molecule has 1 heterocycles. The summed E-state index contributed by atoms with van der Waals surface area (Å²) in [6.07, 6.45) is 0.142. The van der Waals surface area contributed by atoms with Gasteiger partial charge in [-0.1, -0.05) is 12.1 Å². The molecule has 0 aliphatic rings. The average Bonchev–Trinajstić information content (AvgIpc) is 2.32. The molecule has 1 aromatic carbocycles. The zero-order chi connectivity index (χ0) is 13.3. The number of halogens is 4. The molecule has 0 radical (unpaired) electrons. The SMILES string of the molecule is OC(c1cccc(F)c1F)c1ncc(Br)cc1Br. The lowest BCUT2D eigenvalue weighted by Gasteiger charge is -2.13. The molecule has 1 atom stereocenters. The van der Waals surface area contributed by atoms with Crippen molar-refractivity contribution in [2.75, 3.05) is 0 Å². The van der Waals surface area contributed by atoms with E-state index in [1.54, 1.807) is 6.07 Å². The number of hydrogen-bond acceptors (Lipinski definition) is 2. The number of benzene rings is 1. The fraction of sp³-hybridized carbons (Fsp3) is 0.0833. The zero-order valence-electron chi connectivity index (χ0n) is 8.87. The largest absolute Gasteiger partial charge is 0.382 e. The highest BCUT2D eigenvalue weighted by molar-refractivity contribution is 9.11. The van der Waals surface area contributed by atoms with Crippen LogP contribution in [0.3, 0.4) is 0 Å². The molecule has 2 nitrogen and oxygen atoms in total. The van der Waals surface area contributed by atoms with E-state index in [1.807, 2.05) is 0 Å². The van der Waals surface area contributed by atoms with Crippen LogP contribution in [-0.4, -0.2) is 10.1 Å². The average molecular weight is 379 g/mol. The number of aromatic nitrogens is 1. The van der Waals surface area contributed by atoms with Crippen molar-refractivity contribution in [3.05, 3.63) is 62.3 Å². The summed E-state index contributed by atoms with van der Waals surface area (Å²) in [7, 11) is 0. The van der Waals surface area contributed by atoms with Gasteiger partial charge in [0.1, 0.15) is 6.10 Å². The minimum atomic E-state index is -1.33. The highest BCUT2D eigenvalue weighted by atomic mass is 79.9. The van der Waals surface area contributed by atoms with Gasteiger partial charge in [0.2, 0.25) is 0 Å². The fourth-order valence-corrected chi connectivity index (χ4v) is 2.71. The van der Waals surface area contributed by atoms with E-state index in [-0.39, 0.29) is 11.3 Å². The Morgan fingerprint density at radius 1 is 1.22 bits per heavy atom. The highest BCUT2D eigenvalue weighted by Crippen LogP contribution is 2.30. The van der Waals surface area contributed by atoms with Crippen molar-refractivity contribution in [2.45, 2.75) is 6.10 Å². The van der Waals surface area contributed by atoms with Gasteiger partial charge >= 0.3 is 0 Å². The van der Waals surface area contributed by atoms with Crippen LogP contribution >= 0.6 is 31.9 Å². The minimum Gasteiger partial charge on any atom is -0.382 e. The maximum atomic E-state index is 13.6. The van der Waals surface area contributed by atoms with Gasteiger partial charge in [-0.2, -0.15) is 0 Å². The van der Waals surface area contributed by atoms with E-state index in [9.17, 15) is 13.9 Å². The summed E-state index contributed by atoms with van der Waals surface area (Å²) < 4.78 is 27.9. The Labute approximate surface area is 119 Å². The first-order valence-corrected chi connectivity index (χ1v) is 6.52. The highest BCUT2D eigenvalue weighted by Gasteiger charge is 2.20. The van der Waals surface area contributed by atoms with Gasteiger partial charge in [-0.25, -0.2) is 8.78 Å². The Hall–Kier alpha value is -0.850. The molecule has 0 amide bonds. The topological polar surface area (TPSA) is 33.1 Å². The van der Waals surface area contributed by atoms with Gasteiger partial charge in [0.25, 0.3) is 0 Å². The second-order valence-corrected chi connectivity index (χ2v) is 5.34. The Morgan fingerprint density at radius 3 is 2.61 bits per heavy atom. The van der Waals surface area contributed by atoms with Crippen molar-refractivity contribution in [1.82, 2.24) is 4.98 Å². The van der Waals surface area contributed by atoms with E-state index in [1.165, 1.54) is 18.3 Å².